The molecule has 1 aliphatic rings. The number of nitriles is 1. The first-order valence-electron chi connectivity index (χ1n) is 7.59. The molecule has 0 amide bonds. The lowest BCUT2D eigenvalue weighted by Gasteiger charge is -2.29. The van der Waals surface area contributed by atoms with Gasteiger partial charge in [0.15, 0.2) is 0 Å². The minimum absolute atomic E-state index is 0.0279. The van der Waals surface area contributed by atoms with E-state index in [0.29, 0.717) is 26.9 Å². The van der Waals surface area contributed by atoms with Gasteiger partial charge in [-0.1, -0.05) is 41.6 Å². The number of esters is 2. The molecule has 2 rings (SSSR count). The number of carbonyl (C=O) groups is 2. The number of nitrogens with zero attached hydrogens (tertiary/aromatic N) is 1. The fourth-order valence-corrected chi connectivity index (χ4v) is 3.79. The first-order chi connectivity index (χ1) is 12.4. The summed E-state index contributed by atoms with van der Waals surface area (Å²) < 4.78 is 9.55. The normalized spacial score (nSPS) is 16.7. The number of halogens is 1. The summed E-state index contributed by atoms with van der Waals surface area (Å²) in [5.41, 5.74) is 1.74. The third-order valence-electron chi connectivity index (χ3n) is 3.83. The summed E-state index contributed by atoms with van der Waals surface area (Å²) >= 11 is 7.46. The van der Waals surface area contributed by atoms with Crippen molar-refractivity contribution in [2.24, 2.45) is 0 Å². The molecule has 1 aliphatic heterocycles. The van der Waals surface area contributed by atoms with E-state index in [0.717, 1.165) is 11.8 Å². The van der Waals surface area contributed by atoms with Gasteiger partial charge in [-0.3, -0.25) is 4.79 Å². The van der Waals surface area contributed by atoms with E-state index in [1.165, 1.54) is 14.2 Å². The Kier molecular flexibility index (Phi) is 6.72. The molecule has 26 heavy (non-hydrogen) atoms. The molecule has 0 radical (unpaired) electrons. The molecule has 0 saturated carbocycles. The summed E-state index contributed by atoms with van der Waals surface area (Å²) in [7, 11) is 2.58. The summed E-state index contributed by atoms with van der Waals surface area (Å²) in [6.07, 6.45) is 0. The van der Waals surface area contributed by atoms with Crippen LogP contribution >= 0.6 is 23.4 Å². The number of allylic oxidation sites excluding steroid dienone is 2. The Bertz CT molecular complexity index is 842. The van der Waals surface area contributed by atoms with Gasteiger partial charge in [0.2, 0.25) is 0 Å². The molecule has 0 aromatic heterocycles. The smallest absolute Gasteiger partial charge is 0.336 e. The summed E-state index contributed by atoms with van der Waals surface area (Å²) in [4.78, 5) is 23.8. The third-order valence-corrected chi connectivity index (χ3v) is 5.17. The molecule has 1 aromatic carbocycles. The van der Waals surface area contributed by atoms with Gasteiger partial charge in [-0.15, -0.1) is 0 Å². The van der Waals surface area contributed by atoms with Crippen LogP contribution < -0.4 is 5.32 Å². The molecule has 0 spiro atoms. The van der Waals surface area contributed by atoms with Gasteiger partial charge in [0.25, 0.3) is 0 Å². The van der Waals surface area contributed by atoms with Crippen molar-refractivity contribution in [1.29, 1.82) is 5.26 Å². The zero-order chi connectivity index (χ0) is 19.3. The Hall–Kier alpha value is -2.43. The monoisotopic (exact) mass is 392 g/mol. The van der Waals surface area contributed by atoms with E-state index in [9.17, 15) is 14.9 Å². The quantitative estimate of drug-likeness (QED) is 0.770. The molecule has 136 valence electrons. The van der Waals surface area contributed by atoms with Crippen LogP contribution in [0.1, 0.15) is 18.4 Å². The van der Waals surface area contributed by atoms with E-state index in [4.69, 9.17) is 16.3 Å². The maximum atomic E-state index is 12.4. The number of thioether (sulfide) groups is 1. The SMILES string of the molecule is COC(=O)CSC1=C(C#N)C(c2ccccc2Cl)C(C(=O)OC)=C(C)N1. The van der Waals surface area contributed by atoms with Crippen molar-refractivity contribution < 1.29 is 19.1 Å². The van der Waals surface area contributed by atoms with Gasteiger partial charge in [-0.25, -0.2) is 4.79 Å². The van der Waals surface area contributed by atoms with Crippen molar-refractivity contribution in [3.8, 4) is 6.07 Å². The minimum Gasteiger partial charge on any atom is -0.468 e. The molecule has 1 atom stereocenters. The van der Waals surface area contributed by atoms with Crippen molar-refractivity contribution in [3.63, 3.8) is 0 Å². The van der Waals surface area contributed by atoms with Gasteiger partial charge in [0.1, 0.15) is 0 Å². The highest BCUT2D eigenvalue weighted by Gasteiger charge is 2.36. The van der Waals surface area contributed by atoms with Crippen LogP contribution in [0, 0.1) is 11.3 Å². The van der Waals surface area contributed by atoms with Gasteiger partial charge >= 0.3 is 11.9 Å². The van der Waals surface area contributed by atoms with Gasteiger partial charge in [0.05, 0.1) is 48.1 Å². The molecule has 6 nitrogen and oxygen atoms in total. The van der Waals surface area contributed by atoms with E-state index >= 15 is 0 Å². The van der Waals surface area contributed by atoms with Crippen LogP contribution in [-0.2, 0) is 19.1 Å². The maximum Gasteiger partial charge on any atom is 0.336 e. The second-order valence-electron chi connectivity index (χ2n) is 5.33. The standard InChI is InChI=1S/C18H17ClN2O4S/c1-10-15(18(23)25-3)16(11-6-4-5-7-13(11)19)12(8-20)17(21-10)26-9-14(22)24-2/h4-7,16,21H,9H2,1-3H3. The highest BCUT2D eigenvalue weighted by atomic mass is 35.5. The Morgan fingerprint density at radius 3 is 2.58 bits per heavy atom. The number of ether oxygens (including phenoxy) is 2. The predicted molar refractivity (Wildman–Crippen MR) is 99.2 cm³/mol. The van der Waals surface area contributed by atoms with Crippen molar-refractivity contribution in [3.05, 3.63) is 56.7 Å². The summed E-state index contributed by atoms with van der Waals surface area (Å²) in [5, 5.41) is 13.7. The Morgan fingerprint density at radius 1 is 1.31 bits per heavy atom. The average molecular weight is 393 g/mol. The second kappa shape index (κ2) is 8.79. The van der Waals surface area contributed by atoms with Crippen LogP contribution in [0.15, 0.2) is 46.1 Å². The Morgan fingerprint density at radius 2 is 2.00 bits per heavy atom. The minimum atomic E-state index is -0.692. The fourth-order valence-electron chi connectivity index (χ4n) is 2.62. The number of carbonyl (C=O) groups excluding carboxylic acids is 2. The summed E-state index contributed by atoms with van der Waals surface area (Å²) in [5.74, 6) is -1.64. The number of dihydropyridines is 1. The molecule has 8 heteroatoms. The maximum absolute atomic E-state index is 12.4. The molecule has 0 saturated heterocycles. The van der Waals surface area contributed by atoms with E-state index in [-0.39, 0.29) is 11.3 Å². The van der Waals surface area contributed by atoms with Crippen LogP contribution in [0.2, 0.25) is 5.02 Å². The lowest BCUT2D eigenvalue weighted by atomic mass is 9.82. The highest BCUT2D eigenvalue weighted by molar-refractivity contribution is 8.03. The van der Waals surface area contributed by atoms with Gasteiger partial charge in [0, 0.05) is 10.7 Å². The molecule has 0 fully saturated rings. The molecule has 1 aromatic rings. The van der Waals surface area contributed by atoms with Gasteiger partial charge in [-0.2, -0.15) is 5.26 Å². The van der Waals surface area contributed by atoms with Crippen LogP contribution in [-0.4, -0.2) is 31.9 Å². The van der Waals surface area contributed by atoms with E-state index < -0.39 is 17.9 Å². The summed E-state index contributed by atoms with van der Waals surface area (Å²) in [6.45, 7) is 1.71. The molecule has 0 aliphatic carbocycles. The van der Waals surface area contributed by atoms with Crippen LogP contribution in [0.25, 0.3) is 0 Å². The lowest BCUT2D eigenvalue weighted by molar-refractivity contribution is -0.138. The molecule has 0 bridgehead atoms. The lowest BCUT2D eigenvalue weighted by Crippen LogP contribution is -2.29. The topological polar surface area (TPSA) is 88.4 Å². The number of benzene rings is 1. The largest absolute Gasteiger partial charge is 0.468 e. The number of hydrogen-bond acceptors (Lipinski definition) is 7. The van der Waals surface area contributed by atoms with Crippen LogP contribution in [0.4, 0.5) is 0 Å². The van der Waals surface area contributed by atoms with E-state index in [2.05, 4.69) is 16.1 Å². The number of nitrogens with one attached hydrogen (secondary N) is 1. The average Bonchev–Trinajstić information content (AvgIpc) is 2.65. The van der Waals surface area contributed by atoms with E-state index in [1.807, 2.05) is 0 Å². The van der Waals surface area contributed by atoms with Crippen LogP contribution in [0.5, 0.6) is 0 Å². The van der Waals surface area contributed by atoms with Gasteiger partial charge in [-0.05, 0) is 18.6 Å². The molecule has 1 unspecified atom stereocenters. The van der Waals surface area contributed by atoms with Crippen molar-refractivity contribution in [2.45, 2.75) is 12.8 Å². The first kappa shape index (κ1) is 19.9. The third kappa shape index (κ3) is 4.03. The highest BCUT2D eigenvalue weighted by Crippen LogP contribution is 2.43. The second-order valence-corrected chi connectivity index (χ2v) is 6.72. The number of hydrogen-bond donors (Lipinski definition) is 1. The van der Waals surface area contributed by atoms with Crippen LogP contribution in [0.3, 0.4) is 0 Å². The van der Waals surface area contributed by atoms with E-state index in [1.54, 1.807) is 31.2 Å². The predicted octanol–water partition coefficient (Wildman–Crippen LogP) is 3.12. The molecule has 1 N–H and O–H groups in total. The fraction of sp³-hybridized carbons (Fsp3) is 0.278. The molecular formula is C18H17ClN2O4S. The summed E-state index contributed by atoms with van der Waals surface area (Å²) in [6, 6.07) is 9.15. The Labute approximate surface area is 160 Å². The molecular weight excluding hydrogens is 376 g/mol. The molecule has 1 heterocycles. The number of rotatable bonds is 5. The zero-order valence-electron chi connectivity index (χ0n) is 14.5. The van der Waals surface area contributed by atoms with Crippen molar-refractivity contribution in [2.75, 3.05) is 20.0 Å². The Balaban J connectivity index is 2.59. The van der Waals surface area contributed by atoms with Crippen molar-refractivity contribution in [1.82, 2.24) is 5.32 Å². The van der Waals surface area contributed by atoms with Gasteiger partial charge < -0.3 is 14.8 Å². The first-order valence-corrected chi connectivity index (χ1v) is 8.95. The zero-order valence-corrected chi connectivity index (χ0v) is 16.0. The number of methoxy groups -OCH3 is 2. The van der Waals surface area contributed by atoms with Crippen molar-refractivity contribution >= 4 is 35.3 Å².